The van der Waals surface area contributed by atoms with Gasteiger partial charge in [0.05, 0.1) is 25.3 Å². The first-order valence-corrected chi connectivity index (χ1v) is 5.00. The molecule has 0 saturated carbocycles. The normalized spacial score (nSPS) is 11.8. The molecule has 0 aromatic carbocycles. The Morgan fingerprint density at radius 2 is 1.56 bits per heavy atom. The van der Waals surface area contributed by atoms with Gasteiger partial charge in [-0.2, -0.15) is 0 Å². The van der Waals surface area contributed by atoms with Gasteiger partial charge in [-0.3, -0.25) is 14.5 Å². The molecule has 0 spiro atoms. The number of hydrogen-bond donors (Lipinski definition) is 2. The molecule has 0 aliphatic heterocycles. The quantitative estimate of drug-likeness (QED) is 0.656. The van der Waals surface area contributed by atoms with Gasteiger partial charge in [0, 0.05) is 6.54 Å². The second-order valence-electron chi connectivity index (χ2n) is 4.46. The molecule has 0 radical (unpaired) electrons. The van der Waals surface area contributed by atoms with Gasteiger partial charge >= 0.3 is 11.9 Å². The zero-order chi connectivity index (χ0) is 12.8. The van der Waals surface area contributed by atoms with E-state index in [0.717, 1.165) is 0 Å². The molecule has 0 saturated heterocycles. The molecule has 0 rings (SSSR count). The predicted octanol–water partition coefficient (Wildman–Crippen LogP) is 0.273. The topological polar surface area (TPSA) is 87.1 Å². The molecule has 0 bridgehead atoms. The average Bonchev–Trinajstić information content (AvgIpc) is 1.98. The van der Waals surface area contributed by atoms with Crippen molar-refractivity contribution in [1.29, 1.82) is 0 Å². The third kappa shape index (κ3) is 9.42. The Hall–Kier alpha value is -1.14. The standard InChI is InChI=1S/C10H19NO5/c1-10(2,3)16-5-4-11(6-8(12)13)7-9(14)15/h4-7H2,1-3H3,(H,12,13)(H,14,15). The van der Waals surface area contributed by atoms with Gasteiger partial charge in [0.25, 0.3) is 0 Å². The van der Waals surface area contributed by atoms with Crippen molar-refractivity contribution in [2.75, 3.05) is 26.2 Å². The molecule has 0 aliphatic rings. The van der Waals surface area contributed by atoms with E-state index in [-0.39, 0.29) is 25.2 Å². The Morgan fingerprint density at radius 1 is 1.12 bits per heavy atom. The Bertz CT molecular complexity index is 230. The molecule has 16 heavy (non-hydrogen) atoms. The van der Waals surface area contributed by atoms with Crippen LogP contribution in [0.5, 0.6) is 0 Å². The summed E-state index contributed by atoms with van der Waals surface area (Å²) in [5.74, 6) is -2.09. The summed E-state index contributed by atoms with van der Waals surface area (Å²) in [5, 5.41) is 17.2. The van der Waals surface area contributed by atoms with E-state index in [9.17, 15) is 9.59 Å². The molecule has 0 aromatic heterocycles. The minimum atomic E-state index is -1.04. The van der Waals surface area contributed by atoms with Gasteiger partial charge in [-0.15, -0.1) is 0 Å². The minimum absolute atomic E-state index is 0.288. The summed E-state index contributed by atoms with van der Waals surface area (Å²) in [7, 11) is 0. The van der Waals surface area contributed by atoms with Crippen molar-refractivity contribution in [3.63, 3.8) is 0 Å². The van der Waals surface area contributed by atoms with Crippen molar-refractivity contribution >= 4 is 11.9 Å². The summed E-state index contributed by atoms with van der Waals surface area (Å²) >= 11 is 0. The molecule has 6 nitrogen and oxygen atoms in total. The largest absolute Gasteiger partial charge is 0.480 e. The number of ether oxygens (including phenoxy) is 1. The number of carboxylic acid groups (broad SMARTS) is 2. The van der Waals surface area contributed by atoms with Crippen LogP contribution >= 0.6 is 0 Å². The van der Waals surface area contributed by atoms with Crippen molar-refractivity contribution in [3.05, 3.63) is 0 Å². The van der Waals surface area contributed by atoms with Crippen molar-refractivity contribution in [2.24, 2.45) is 0 Å². The molecule has 0 atom stereocenters. The van der Waals surface area contributed by atoms with E-state index in [1.54, 1.807) is 0 Å². The highest BCUT2D eigenvalue weighted by Gasteiger charge is 2.15. The zero-order valence-electron chi connectivity index (χ0n) is 9.89. The van der Waals surface area contributed by atoms with Crippen LogP contribution in [-0.2, 0) is 14.3 Å². The molecular formula is C10H19NO5. The third-order valence-electron chi connectivity index (χ3n) is 1.66. The SMILES string of the molecule is CC(C)(C)OCCN(CC(=O)O)CC(=O)O. The number of aliphatic carboxylic acids is 2. The molecule has 0 amide bonds. The number of carbonyl (C=O) groups is 2. The molecule has 0 aromatic rings. The second-order valence-corrected chi connectivity index (χ2v) is 4.46. The van der Waals surface area contributed by atoms with Gasteiger partial charge < -0.3 is 14.9 Å². The fourth-order valence-electron chi connectivity index (χ4n) is 1.08. The van der Waals surface area contributed by atoms with Gasteiger partial charge in [-0.25, -0.2) is 0 Å². The average molecular weight is 233 g/mol. The van der Waals surface area contributed by atoms with Crippen LogP contribution in [0.1, 0.15) is 20.8 Å². The van der Waals surface area contributed by atoms with Crippen molar-refractivity contribution in [3.8, 4) is 0 Å². The van der Waals surface area contributed by atoms with Crippen molar-refractivity contribution < 1.29 is 24.5 Å². The lowest BCUT2D eigenvalue weighted by Gasteiger charge is -2.23. The second kappa shape index (κ2) is 6.44. The molecule has 6 heteroatoms. The first-order chi connectivity index (χ1) is 7.20. The van der Waals surface area contributed by atoms with Gasteiger partial charge in [-0.1, -0.05) is 0 Å². The van der Waals surface area contributed by atoms with E-state index in [0.29, 0.717) is 6.61 Å². The fourth-order valence-corrected chi connectivity index (χ4v) is 1.08. The van der Waals surface area contributed by atoms with Gasteiger partial charge in [0.2, 0.25) is 0 Å². The van der Waals surface area contributed by atoms with E-state index in [4.69, 9.17) is 14.9 Å². The van der Waals surface area contributed by atoms with Crippen LogP contribution in [0.2, 0.25) is 0 Å². The van der Waals surface area contributed by atoms with Crippen LogP contribution in [0.15, 0.2) is 0 Å². The number of rotatable bonds is 7. The maximum absolute atomic E-state index is 10.5. The summed E-state index contributed by atoms with van der Waals surface area (Å²) in [5.41, 5.74) is -0.307. The lowest BCUT2D eigenvalue weighted by molar-refractivity contribution is -0.142. The first-order valence-electron chi connectivity index (χ1n) is 5.00. The van der Waals surface area contributed by atoms with E-state index < -0.39 is 11.9 Å². The van der Waals surface area contributed by atoms with Crippen molar-refractivity contribution in [2.45, 2.75) is 26.4 Å². The van der Waals surface area contributed by atoms with Gasteiger partial charge in [0.15, 0.2) is 0 Å². The van der Waals surface area contributed by atoms with Crippen molar-refractivity contribution in [1.82, 2.24) is 4.90 Å². The monoisotopic (exact) mass is 233 g/mol. The van der Waals surface area contributed by atoms with E-state index in [1.165, 1.54) is 4.90 Å². The van der Waals surface area contributed by atoms with Crippen LogP contribution in [0.25, 0.3) is 0 Å². The summed E-state index contributed by atoms with van der Waals surface area (Å²) in [6, 6.07) is 0. The molecule has 94 valence electrons. The summed E-state index contributed by atoms with van der Waals surface area (Å²) in [4.78, 5) is 22.3. The van der Waals surface area contributed by atoms with Crippen LogP contribution in [0.4, 0.5) is 0 Å². The van der Waals surface area contributed by atoms with Crippen LogP contribution < -0.4 is 0 Å². The summed E-state index contributed by atoms with van der Waals surface area (Å²) in [6.45, 7) is 5.66. The Balaban J connectivity index is 4.01. The van der Waals surface area contributed by atoms with Gasteiger partial charge in [-0.05, 0) is 20.8 Å². The van der Waals surface area contributed by atoms with Crippen LogP contribution in [0.3, 0.4) is 0 Å². The molecular weight excluding hydrogens is 214 g/mol. The highest BCUT2D eigenvalue weighted by molar-refractivity contribution is 5.72. The third-order valence-corrected chi connectivity index (χ3v) is 1.66. The summed E-state index contributed by atoms with van der Waals surface area (Å²) in [6.07, 6.45) is 0. The number of nitrogens with zero attached hydrogens (tertiary/aromatic N) is 1. The molecule has 0 aliphatic carbocycles. The minimum Gasteiger partial charge on any atom is -0.480 e. The van der Waals surface area contributed by atoms with E-state index in [1.807, 2.05) is 20.8 Å². The Kier molecular flexibility index (Phi) is 5.98. The first kappa shape index (κ1) is 14.9. The molecule has 0 unspecified atom stereocenters. The maximum atomic E-state index is 10.5. The maximum Gasteiger partial charge on any atom is 0.317 e. The van der Waals surface area contributed by atoms with Crippen LogP contribution in [0, 0.1) is 0 Å². The molecule has 2 N–H and O–H groups in total. The predicted molar refractivity (Wildman–Crippen MR) is 57.4 cm³/mol. The number of hydrogen-bond acceptors (Lipinski definition) is 4. The fraction of sp³-hybridized carbons (Fsp3) is 0.800. The lowest BCUT2D eigenvalue weighted by Crippen LogP contribution is -2.38. The lowest BCUT2D eigenvalue weighted by atomic mass is 10.2. The Morgan fingerprint density at radius 3 is 1.88 bits per heavy atom. The smallest absolute Gasteiger partial charge is 0.317 e. The highest BCUT2D eigenvalue weighted by Crippen LogP contribution is 2.06. The highest BCUT2D eigenvalue weighted by atomic mass is 16.5. The van der Waals surface area contributed by atoms with E-state index in [2.05, 4.69) is 0 Å². The number of carboxylic acids is 2. The van der Waals surface area contributed by atoms with Crippen LogP contribution in [-0.4, -0.2) is 58.9 Å². The summed E-state index contributed by atoms with van der Waals surface area (Å²) < 4.78 is 5.40. The van der Waals surface area contributed by atoms with E-state index >= 15 is 0 Å². The molecule has 0 fully saturated rings. The zero-order valence-corrected chi connectivity index (χ0v) is 9.89. The Labute approximate surface area is 94.8 Å². The van der Waals surface area contributed by atoms with Gasteiger partial charge in [0.1, 0.15) is 0 Å². The molecule has 0 heterocycles.